The number of carbonyl (C=O) groups excluding carboxylic acids is 2. The van der Waals surface area contributed by atoms with E-state index in [0.717, 1.165) is 35.6 Å². The highest BCUT2D eigenvalue weighted by molar-refractivity contribution is 7.92. The zero-order valence-corrected chi connectivity index (χ0v) is 23.3. The van der Waals surface area contributed by atoms with Crippen molar-refractivity contribution in [3.63, 3.8) is 0 Å². The molecule has 40 heavy (non-hydrogen) atoms. The molecule has 0 radical (unpaired) electrons. The minimum Gasteiger partial charge on any atom is -0.484 e. The second-order valence-electron chi connectivity index (χ2n) is 9.71. The summed E-state index contributed by atoms with van der Waals surface area (Å²) in [6, 6.07) is 22.0. The number of ether oxygens (including phenoxy) is 1. The van der Waals surface area contributed by atoms with Gasteiger partial charge in [0.15, 0.2) is 6.61 Å². The lowest BCUT2D eigenvalue weighted by atomic mass is 9.95. The van der Waals surface area contributed by atoms with Crippen molar-refractivity contribution in [2.45, 2.75) is 50.0 Å². The highest BCUT2D eigenvalue weighted by atomic mass is 32.2. The van der Waals surface area contributed by atoms with E-state index in [4.69, 9.17) is 4.74 Å². The van der Waals surface area contributed by atoms with Crippen molar-refractivity contribution in [1.29, 1.82) is 0 Å². The van der Waals surface area contributed by atoms with Crippen LogP contribution in [0.1, 0.15) is 43.2 Å². The summed E-state index contributed by atoms with van der Waals surface area (Å²) in [4.78, 5) is 24.9. The van der Waals surface area contributed by atoms with Crippen LogP contribution in [-0.2, 0) is 19.6 Å². The summed E-state index contributed by atoms with van der Waals surface area (Å²) in [6.45, 7) is 1.37. The summed E-state index contributed by atoms with van der Waals surface area (Å²) in [5.74, 6) is -0.186. The third kappa shape index (κ3) is 8.16. The van der Waals surface area contributed by atoms with Crippen LogP contribution >= 0.6 is 0 Å². The third-order valence-electron chi connectivity index (χ3n) is 6.56. The molecule has 9 nitrogen and oxygen atoms in total. The minimum absolute atomic E-state index is 0.0522. The molecule has 3 aromatic rings. The number of anilines is 1. The van der Waals surface area contributed by atoms with Gasteiger partial charge in [0.05, 0.1) is 16.8 Å². The van der Waals surface area contributed by atoms with E-state index in [0.29, 0.717) is 17.0 Å². The molecule has 1 aliphatic carbocycles. The summed E-state index contributed by atoms with van der Waals surface area (Å²) < 4.78 is 33.4. The van der Waals surface area contributed by atoms with Gasteiger partial charge in [-0.15, -0.1) is 0 Å². The van der Waals surface area contributed by atoms with Gasteiger partial charge in [0, 0.05) is 6.04 Å². The van der Waals surface area contributed by atoms with Gasteiger partial charge in [-0.25, -0.2) is 13.8 Å². The van der Waals surface area contributed by atoms with Crippen molar-refractivity contribution in [3.8, 4) is 5.75 Å². The average Bonchev–Trinajstić information content (AvgIpc) is 2.96. The number of amides is 2. The number of hydrogen-bond acceptors (Lipinski definition) is 6. The molecular weight excluding hydrogens is 528 g/mol. The van der Waals surface area contributed by atoms with Gasteiger partial charge in [-0.2, -0.15) is 5.10 Å². The fourth-order valence-corrected chi connectivity index (χ4v) is 5.83. The molecule has 0 aromatic heterocycles. The molecule has 2 N–H and O–H groups in total. The monoisotopic (exact) mass is 562 g/mol. The van der Waals surface area contributed by atoms with Crippen molar-refractivity contribution in [1.82, 2.24) is 10.7 Å². The summed E-state index contributed by atoms with van der Waals surface area (Å²) >= 11 is 0. The molecule has 0 bridgehead atoms. The molecule has 1 saturated carbocycles. The van der Waals surface area contributed by atoms with Gasteiger partial charge in [0.2, 0.25) is 0 Å². The molecule has 0 atom stereocenters. The van der Waals surface area contributed by atoms with Crippen LogP contribution in [-0.4, -0.2) is 45.6 Å². The van der Waals surface area contributed by atoms with E-state index >= 15 is 0 Å². The Bertz CT molecular complexity index is 1400. The first kappa shape index (κ1) is 28.8. The van der Waals surface area contributed by atoms with Crippen LogP contribution in [0.4, 0.5) is 5.69 Å². The van der Waals surface area contributed by atoms with E-state index in [1.54, 1.807) is 66.7 Å². The van der Waals surface area contributed by atoms with Crippen LogP contribution in [0.2, 0.25) is 0 Å². The number of para-hydroxylation sites is 1. The molecule has 0 spiro atoms. The van der Waals surface area contributed by atoms with Gasteiger partial charge in [-0.3, -0.25) is 13.9 Å². The van der Waals surface area contributed by atoms with Crippen LogP contribution in [0, 0.1) is 6.92 Å². The minimum atomic E-state index is -3.99. The van der Waals surface area contributed by atoms with E-state index in [2.05, 4.69) is 15.8 Å². The number of benzene rings is 3. The van der Waals surface area contributed by atoms with Crippen molar-refractivity contribution >= 4 is 33.7 Å². The first-order valence-electron chi connectivity index (χ1n) is 13.3. The third-order valence-corrected chi connectivity index (χ3v) is 8.35. The predicted molar refractivity (Wildman–Crippen MR) is 155 cm³/mol. The van der Waals surface area contributed by atoms with Crippen molar-refractivity contribution in [2.24, 2.45) is 5.10 Å². The second kappa shape index (κ2) is 13.7. The summed E-state index contributed by atoms with van der Waals surface area (Å²) in [6.07, 6.45) is 7.00. The fourth-order valence-electron chi connectivity index (χ4n) is 4.41. The first-order chi connectivity index (χ1) is 19.3. The molecule has 0 saturated heterocycles. The van der Waals surface area contributed by atoms with Gasteiger partial charge in [-0.1, -0.05) is 55.2 Å². The Kier molecular flexibility index (Phi) is 9.91. The highest BCUT2D eigenvalue weighted by Crippen LogP contribution is 2.23. The van der Waals surface area contributed by atoms with Gasteiger partial charge in [-0.05, 0) is 73.9 Å². The van der Waals surface area contributed by atoms with E-state index in [1.165, 1.54) is 24.8 Å². The number of hydrazone groups is 1. The smallest absolute Gasteiger partial charge is 0.264 e. The molecule has 210 valence electrons. The molecule has 0 unspecified atom stereocenters. The van der Waals surface area contributed by atoms with Crippen molar-refractivity contribution in [2.75, 3.05) is 17.5 Å². The molecule has 0 heterocycles. The number of aryl methyl sites for hydroxylation is 1. The topological polar surface area (TPSA) is 117 Å². The molecule has 1 fully saturated rings. The van der Waals surface area contributed by atoms with Crippen molar-refractivity contribution in [3.05, 3.63) is 90.0 Å². The van der Waals surface area contributed by atoms with Gasteiger partial charge >= 0.3 is 0 Å². The van der Waals surface area contributed by atoms with Gasteiger partial charge in [0.25, 0.3) is 21.8 Å². The SMILES string of the molecule is Cc1ccc(S(=O)(=O)N(CC(=O)N/N=C\c2ccc(OCC(=O)NC3CCCCC3)cc2)c2ccccc2)cc1. The van der Waals surface area contributed by atoms with Crippen LogP contribution < -0.4 is 19.8 Å². The molecule has 1 aliphatic rings. The second-order valence-corrected chi connectivity index (χ2v) is 11.6. The number of rotatable bonds is 11. The summed E-state index contributed by atoms with van der Waals surface area (Å²) in [5, 5.41) is 6.99. The average molecular weight is 563 g/mol. The van der Waals surface area contributed by atoms with Crippen LogP contribution in [0.25, 0.3) is 0 Å². The number of nitrogens with one attached hydrogen (secondary N) is 2. The summed E-state index contributed by atoms with van der Waals surface area (Å²) in [7, 11) is -3.99. The zero-order valence-electron chi connectivity index (χ0n) is 22.5. The lowest BCUT2D eigenvalue weighted by molar-refractivity contribution is -0.124. The van der Waals surface area contributed by atoms with E-state index in [1.807, 2.05) is 6.92 Å². The molecule has 0 aliphatic heterocycles. The maximum atomic E-state index is 13.4. The lowest BCUT2D eigenvalue weighted by Crippen LogP contribution is -2.39. The van der Waals surface area contributed by atoms with E-state index < -0.39 is 22.5 Å². The number of sulfonamides is 1. The Hall–Kier alpha value is -4.18. The Balaban J connectivity index is 1.31. The highest BCUT2D eigenvalue weighted by Gasteiger charge is 2.27. The Morgan fingerprint density at radius 3 is 2.27 bits per heavy atom. The number of hydrogen-bond donors (Lipinski definition) is 2. The van der Waals surface area contributed by atoms with Gasteiger partial charge in [0.1, 0.15) is 12.3 Å². The normalized spacial score (nSPS) is 14.0. The fraction of sp³-hybridized carbons (Fsp3) is 0.300. The van der Waals surface area contributed by atoms with E-state index in [9.17, 15) is 18.0 Å². The van der Waals surface area contributed by atoms with Crippen LogP contribution in [0.3, 0.4) is 0 Å². The number of carbonyl (C=O) groups is 2. The van der Waals surface area contributed by atoms with Gasteiger partial charge < -0.3 is 10.1 Å². The number of nitrogens with zero attached hydrogens (tertiary/aromatic N) is 2. The molecular formula is C30H34N4O5S. The van der Waals surface area contributed by atoms with Crippen LogP contribution in [0.15, 0.2) is 88.9 Å². The Labute approximate surface area is 235 Å². The maximum Gasteiger partial charge on any atom is 0.264 e. The molecule has 10 heteroatoms. The van der Waals surface area contributed by atoms with E-state index in [-0.39, 0.29) is 23.5 Å². The largest absolute Gasteiger partial charge is 0.484 e. The Morgan fingerprint density at radius 2 is 1.60 bits per heavy atom. The molecule has 4 rings (SSSR count). The standard InChI is InChI=1S/C30H34N4O5S/c1-23-12-18-28(19-13-23)40(37,38)34(26-10-6-3-7-11-26)21-29(35)33-31-20-24-14-16-27(17-15-24)39-22-30(36)32-25-8-4-2-5-9-25/h3,6-7,10-20,25H,2,4-5,8-9,21-22H2,1H3,(H,32,36)(H,33,35)/b31-20-. The molecule has 3 aromatic carbocycles. The Morgan fingerprint density at radius 1 is 0.925 bits per heavy atom. The maximum absolute atomic E-state index is 13.4. The van der Waals surface area contributed by atoms with Crippen LogP contribution in [0.5, 0.6) is 5.75 Å². The van der Waals surface area contributed by atoms with Crippen molar-refractivity contribution < 1.29 is 22.7 Å². The molecule has 2 amide bonds. The zero-order chi connectivity index (χ0) is 28.4. The predicted octanol–water partition coefficient (Wildman–Crippen LogP) is 4.17. The first-order valence-corrected chi connectivity index (χ1v) is 14.7. The summed E-state index contributed by atoms with van der Waals surface area (Å²) in [5.41, 5.74) is 4.38. The lowest BCUT2D eigenvalue weighted by Gasteiger charge is -2.23. The quantitative estimate of drug-likeness (QED) is 0.269.